The molecule has 0 amide bonds. The van der Waals surface area contributed by atoms with Crippen molar-refractivity contribution in [2.45, 2.75) is 31.7 Å². The third kappa shape index (κ3) is 4.33. The number of allylic oxidation sites excluding steroid dienone is 1. The van der Waals surface area contributed by atoms with Crippen molar-refractivity contribution in [1.29, 1.82) is 0 Å². The maximum absolute atomic E-state index is 13.8. The van der Waals surface area contributed by atoms with Gasteiger partial charge in [-0.3, -0.25) is 4.79 Å². The number of rotatable bonds is 6. The molecule has 2 atom stereocenters. The minimum absolute atomic E-state index is 0.0502. The van der Waals surface area contributed by atoms with Crippen molar-refractivity contribution >= 4 is 17.2 Å². The molecule has 186 valence electrons. The number of benzene rings is 3. The van der Waals surface area contributed by atoms with Gasteiger partial charge in [-0.15, -0.1) is 0 Å². The van der Waals surface area contributed by atoms with Gasteiger partial charge in [-0.05, 0) is 66.8 Å². The number of phenolic OH excluding ortho intramolecular Hbond substituents is 1. The highest BCUT2D eigenvalue weighted by Gasteiger charge is 2.36. The SMILES string of the molecule is CCOc1ccc(C2CC(=O)C3=C(C2)Nc2ccccc2NC3c2cc(OC)c(O)c(OC)c2)cc1. The van der Waals surface area contributed by atoms with Gasteiger partial charge in [-0.25, -0.2) is 0 Å². The molecule has 1 aliphatic carbocycles. The summed E-state index contributed by atoms with van der Waals surface area (Å²) in [6.45, 7) is 2.57. The number of carbonyl (C=O) groups is 1. The quantitative estimate of drug-likeness (QED) is 0.406. The molecule has 2 aliphatic rings. The van der Waals surface area contributed by atoms with Crippen molar-refractivity contribution in [1.82, 2.24) is 0 Å². The molecule has 0 bridgehead atoms. The highest BCUT2D eigenvalue weighted by atomic mass is 16.5. The Morgan fingerprint density at radius 3 is 2.22 bits per heavy atom. The first kappa shape index (κ1) is 23.6. The zero-order chi connectivity index (χ0) is 25.2. The molecule has 3 N–H and O–H groups in total. The van der Waals surface area contributed by atoms with Gasteiger partial charge in [0.15, 0.2) is 17.3 Å². The van der Waals surface area contributed by atoms with Gasteiger partial charge in [0.25, 0.3) is 0 Å². The molecule has 0 aromatic heterocycles. The number of phenols is 1. The summed E-state index contributed by atoms with van der Waals surface area (Å²) in [7, 11) is 2.99. The van der Waals surface area contributed by atoms with E-state index in [-0.39, 0.29) is 28.9 Å². The molecular weight excluding hydrogens is 456 g/mol. The topological polar surface area (TPSA) is 89.1 Å². The number of methoxy groups -OCH3 is 2. The highest BCUT2D eigenvalue weighted by molar-refractivity contribution is 6.01. The normalized spacial score (nSPS) is 18.8. The van der Waals surface area contributed by atoms with Crippen LogP contribution in [-0.4, -0.2) is 31.7 Å². The van der Waals surface area contributed by atoms with Crippen molar-refractivity contribution in [3.63, 3.8) is 0 Å². The molecule has 3 aromatic carbocycles. The molecule has 0 saturated carbocycles. The van der Waals surface area contributed by atoms with Gasteiger partial charge in [0, 0.05) is 17.7 Å². The monoisotopic (exact) mass is 486 g/mol. The van der Waals surface area contributed by atoms with Crippen molar-refractivity contribution in [3.05, 3.63) is 83.1 Å². The summed E-state index contributed by atoms with van der Waals surface area (Å²) >= 11 is 0. The molecule has 7 heteroatoms. The molecule has 1 aliphatic heterocycles. The number of fused-ring (bicyclic) bond motifs is 1. The van der Waals surface area contributed by atoms with E-state index < -0.39 is 6.04 Å². The molecule has 0 saturated heterocycles. The fourth-order valence-electron chi connectivity index (χ4n) is 5.06. The molecule has 3 aromatic rings. The molecule has 36 heavy (non-hydrogen) atoms. The molecule has 0 spiro atoms. The minimum Gasteiger partial charge on any atom is -0.502 e. The van der Waals surface area contributed by atoms with E-state index in [4.69, 9.17) is 14.2 Å². The Bertz CT molecular complexity index is 1290. The van der Waals surface area contributed by atoms with Gasteiger partial charge in [-0.1, -0.05) is 24.3 Å². The van der Waals surface area contributed by atoms with Crippen LogP contribution in [0.4, 0.5) is 11.4 Å². The van der Waals surface area contributed by atoms with E-state index in [1.165, 1.54) is 14.2 Å². The predicted molar refractivity (Wildman–Crippen MR) is 139 cm³/mol. The first-order chi connectivity index (χ1) is 17.5. The average Bonchev–Trinajstić information content (AvgIpc) is 3.06. The maximum Gasteiger partial charge on any atom is 0.200 e. The zero-order valence-electron chi connectivity index (χ0n) is 20.6. The van der Waals surface area contributed by atoms with Crippen LogP contribution in [0.1, 0.15) is 42.9 Å². The number of hydrogen-bond acceptors (Lipinski definition) is 7. The minimum atomic E-state index is -0.451. The Kier molecular flexibility index (Phi) is 6.46. The van der Waals surface area contributed by atoms with E-state index in [2.05, 4.69) is 10.6 Å². The number of carbonyl (C=O) groups excluding carboxylic acids is 1. The number of ether oxygens (including phenoxy) is 3. The van der Waals surface area contributed by atoms with Crippen molar-refractivity contribution in [3.8, 4) is 23.0 Å². The summed E-state index contributed by atoms with van der Waals surface area (Å²) in [6, 6.07) is 19.0. The summed E-state index contributed by atoms with van der Waals surface area (Å²) in [5.41, 5.74) is 5.23. The molecule has 2 unspecified atom stereocenters. The first-order valence-electron chi connectivity index (χ1n) is 12.1. The van der Waals surface area contributed by atoms with Gasteiger partial charge in [-0.2, -0.15) is 0 Å². The van der Waals surface area contributed by atoms with Crippen LogP contribution in [-0.2, 0) is 4.79 Å². The summed E-state index contributed by atoms with van der Waals surface area (Å²) in [5, 5.41) is 17.6. The van der Waals surface area contributed by atoms with E-state index in [0.29, 0.717) is 25.0 Å². The van der Waals surface area contributed by atoms with Crippen LogP contribution in [0.3, 0.4) is 0 Å². The van der Waals surface area contributed by atoms with Crippen LogP contribution in [0.25, 0.3) is 0 Å². The van der Waals surface area contributed by atoms with Crippen molar-refractivity contribution in [2.75, 3.05) is 31.5 Å². The Labute approximate surface area is 210 Å². The molecule has 7 nitrogen and oxygen atoms in total. The van der Waals surface area contributed by atoms with Gasteiger partial charge in [0.05, 0.1) is 38.2 Å². The number of para-hydroxylation sites is 2. The third-order valence-corrected chi connectivity index (χ3v) is 6.81. The fourth-order valence-corrected chi connectivity index (χ4v) is 5.06. The Hall–Kier alpha value is -4.13. The number of nitrogens with one attached hydrogen (secondary N) is 2. The zero-order valence-corrected chi connectivity index (χ0v) is 20.6. The van der Waals surface area contributed by atoms with E-state index in [9.17, 15) is 9.90 Å². The number of hydrogen-bond donors (Lipinski definition) is 3. The number of Topliss-reactive ketones (excluding diaryl/α,β-unsaturated/α-hetero) is 1. The summed E-state index contributed by atoms with van der Waals surface area (Å²) in [5.74, 6) is 1.44. The lowest BCUT2D eigenvalue weighted by Gasteiger charge is -2.30. The molecule has 1 heterocycles. The standard InChI is InChI=1S/C29H30N2O5/c1-4-36-20-11-9-17(10-12-20)18-13-23-27(24(32)14-18)28(31-22-8-6-5-7-21(22)30-23)19-15-25(34-2)29(33)26(16-19)35-3/h5-12,15-16,18,28,30-31,33H,4,13-14H2,1-3H3. The van der Waals surface area contributed by atoms with Crippen LogP contribution < -0.4 is 24.8 Å². The van der Waals surface area contributed by atoms with Gasteiger partial charge in [0.2, 0.25) is 5.75 Å². The third-order valence-electron chi connectivity index (χ3n) is 6.81. The number of ketones is 1. The number of anilines is 2. The Morgan fingerprint density at radius 2 is 1.58 bits per heavy atom. The van der Waals surface area contributed by atoms with Gasteiger partial charge in [0.1, 0.15) is 5.75 Å². The van der Waals surface area contributed by atoms with Crippen molar-refractivity contribution < 1.29 is 24.1 Å². The van der Waals surface area contributed by atoms with Crippen LogP contribution in [0, 0.1) is 0 Å². The van der Waals surface area contributed by atoms with Crippen LogP contribution >= 0.6 is 0 Å². The van der Waals surface area contributed by atoms with E-state index in [0.717, 1.165) is 33.9 Å². The van der Waals surface area contributed by atoms with E-state index in [1.54, 1.807) is 12.1 Å². The molecular formula is C29H30N2O5. The predicted octanol–water partition coefficient (Wildman–Crippen LogP) is 5.79. The van der Waals surface area contributed by atoms with E-state index >= 15 is 0 Å². The lowest BCUT2D eigenvalue weighted by Crippen LogP contribution is -2.27. The Morgan fingerprint density at radius 1 is 0.917 bits per heavy atom. The van der Waals surface area contributed by atoms with E-state index in [1.807, 2.05) is 55.5 Å². The first-order valence-corrected chi connectivity index (χ1v) is 12.1. The maximum atomic E-state index is 13.8. The summed E-state index contributed by atoms with van der Waals surface area (Å²) < 4.78 is 16.4. The van der Waals surface area contributed by atoms with Crippen LogP contribution in [0.2, 0.25) is 0 Å². The lowest BCUT2D eigenvalue weighted by atomic mass is 9.78. The van der Waals surface area contributed by atoms with Gasteiger partial charge >= 0.3 is 0 Å². The molecule has 0 radical (unpaired) electrons. The second-order valence-electron chi connectivity index (χ2n) is 8.94. The molecule has 5 rings (SSSR count). The Balaban J connectivity index is 1.59. The lowest BCUT2D eigenvalue weighted by molar-refractivity contribution is -0.116. The highest BCUT2D eigenvalue weighted by Crippen LogP contribution is 2.47. The number of aromatic hydroxyl groups is 1. The van der Waals surface area contributed by atoms with Gasteiger partial charge < -0.3 is 30.0 Å². The van der Waals surface area contributed by atoms with Crippen molar-refractivity contribution in [2.24, 2.45) is 0 Å². The second-order valence-corrected chi connectivity index (χ2v) is 8.94. The van der Waals surface area contributed by atoms with Crippen LogP contribution in [0.15, 0.2) is 71.9 Å². The summed E-state index contributed by atoms with van der Waals surface area (Å²) in [4.78, 5) is 13.8. The molecule has 0 fully saturated rings. The average molecular weight is 487 g/mol. The smallest absolute Gasteiger partial charge is 0.200 e. The summed E-state index contributed by atoms with van der Waals surface area (Å²) in [6.07, 6.45) is 1.09. The fraction of sp³-hybridized carbons (Fsp3) is 0.276. The largest absolute Gasteiger partial charge is 0.502 e. The second kappa shape index (κ2) is 9.85. The van der Waals surface area contributed by atoms with Crippen LogP contribution in [0.5, 0.6) is 23.0 Å².